The van der Waals surface area contributed by atoms with Crippen LogP contribution < -0.4 is 0 Å². The van der Waals surface area contributed by atoms with Gasteiger partial charge in [-0.15, -0.1) is 0 Å². The van der Waals surface area contributed by atoms with Crippen molar-refractivity contribution in [3.05, 3.63) is 70.8 Å². The number of piperidine rings is 1. The van der Waals surface area contributed by atoms with E-state index in [1.54, 1.807) is 4.90 Å². The van der Waals surface area contributed by atoms with Crippen LogP contribution in [0.4, 0.5) is 0 Å². The van der Waals surface area contributed by atoms with Crippen LogP contribution in [0.2, 0.25) is 0 Å². The Morgan fingerprint density at radius 3 is 2.50 bits per heavy atom. The Kier molecular flexibility index (Phi) is 6.35. The Bertz CT molecular complexity index is 1050. The van der Waals surface area contributed by atoms with Crippen molar-refractivity contribution >= 4 is 23.7 Å². The van der Waals surface area contributed by atoms with Gasteiger partial charge in [0.2, 0.25) is 0 Å². The molecule has 0 spiro atoms. The predicted molar refractivity (Wildman–Crippen MR) is 117 cm³/mol. The van der Waals surface area contributed by atoms with Gasteiger partial charge in [-0.05, 0) is 49.4 Å². The maximum absolute atomic E-state index is 12.8. The van der Waals surface area contributed by atoms with E-state index in [2.05, 4.69) is 0 Å². The average molecular weight is 434 g/mol. The first-order chi connectivity index (χ1) is 15.5. The number of benzene rings is 2. The number of likely N-dealkylation sites (tertiary alicyclic amines) is 1. The lowest BCUT2D eigenvalue weighted by Crippen LogP contribution is -2.45. The van der Waals surface area contributed by atoms with Crippen LogP contribution in [0.15, 0.2) is 48.5 Å². The highest BCUT2D eigenvalue weighted by molar-refractivity contribution is 6.21. The maximum Gasteiger partial charge on any atom is 0.338 e. The largest absolute Gasteiger partial charge is 0.452 e. The standard InChI is InChI=1S/C25H26N2O5/c1-2-19-10-6-7-13-26(19)22(28)16-32-25(31)18-11-12-20-21(14-18)24(30)27(23(20)29)15-17-8-4-3-5-9-17/h3-5,8-9,11-12,14,19H,2,6-7,10,13,15-16H2,1H3. The zero-order valence-electron chi connectivity index (χ0n) is 18.1. The fourth-order valence-electron chi connectivity index (χ4n) is 4.37. The highest BCUT2D eigenvalue weighted by atomic mass is 16.5. The average Bonchev–Trinajstić information content (AvgIpc) is 3.07. The first-order valence-electron chi connectivity index (χ1n) is 11.0. The minimum absolute atomic E-state index is 0.143. The zero-order valence-corrected chi connectivity index (χ0v) is 18.1. The molecule has 0 aromatic heterocycles. The molecule has 2 aliphatic heterocycles. The van der Waals surface area contributed by atoms with Crippen LogP contribution in [-0.2, 0) is 16.1 Å². The normalized spacial score (nSPS) is 18.0. The van der Waals surface area contributed by atoms with Gasteiger partial charge in [0.15, 0.2) is 6.61 Å². The summed E-state index contributed by atoms with van der Waals surface area (Å²) in [6.07, 6.45) is 3.90. The lowest BCUT2D eigenvalue weighted by atomic mass is 10.00. The summed E-state index contributed by atoms with van der Waals surface area (Å²) in [5.74, 6) is -1.72. The van der Waals surface area contributed by atoms with Gasteiger partial charge in [-0.3, -0.25) is 19.3 Å². The van der Waals surface area contributed by atoms with Crippen LogP contribution in [-0.4, -0.2) is 52.7 Å². The van der Waals surface area contributed by atoms with E-state index in [-0.39, 0.29) is 47.7 Å². The summed E-state index contributed by atoms with van der Waals surface area (Å²) in [4.78, 5) is 53.5. The molecule has 0 saturated carbocycles. The highest BCUT2D eigenvalue weighted by Gasteiger charge is 2.36. The third-order valence-electron chi connectivity index (χ3n) is 6.14. The van der Waals surface area contributed by atoms with Gasteiger partial charge in [-0.25, -0.2) is 4.79 Å². The quantitative estimate of drug-likeness (QED) is 0.514. The molecule has 1 unspecified atom stereocenters. The van der Waals surface area contributed by atoms with Gasteiger partial charge in [-0.2, -0.15) is 0 Å². The fourth-order valence-corrected chi connectivity index (χ4v) is 4.37. The monoisotopic (exact) mass is 434 g/mol. The maximum atomic E-state index is 12.8. The van der Waals surface area contributed by atoms with E-state index in [1.807, 2.05) is 37.3 Å². The lowest BCUT2D eigenvalue weighted by molar-refractivity contribution is -0.138. The van der Waals surface area contributed by atoms with E-state index < -0.39 is 11.9 Å². The van der Waals surface area contributed by atoms with Crippen molar-refractivity contribution in [1.82, 2.24) is 9.80 Å². The van der Waals surface area contributed by atoms with E-state index in [4.69, 9.17) is 4.74 Å². The van der Waals surface area contributed by atoms with Crippen LogP contribution in [0.1, 0.15) is 69.2 Å². The molecule has 1 saturated heterocycles. The van der Waals surface area contributed by atoms with Gasteiger partial charge in [0.25, 0.3) is 17.7 Å². The first-order valence-corrected chi connectivity index (χ1v) is 11.0. The van der Waals surface area contributed by atoms with Crippen LogP contribution in [0.3, 0.4) is 0 Å². The molecule has 2 aromatic rings. The molecular weight excluding hydrogens is 408 g/mol. The second kappa shape index (κ2) is 9.34. The molecule has 3 amide bonds. The molecule has 2 heterocycles. The summed E-state index contributed by atoms with van der Waals surface area (Å²) >= 11 is 0. The molecule has 32 heavy (non-hydrogen) atoms. The van der Waals surface area contributed by atoms with Crippen molar-refractivity contribution in [2.24, 2.45) is 0 Å². The molecule has 2 aromatic carbocycles. The second-order valence-corrected chi connectivity index (χ2v) is 8.16. The second-order valence-electron chi connectivity index (χ2n) is 8.16. The summed E-state index contributed by atoms with van der Waals surface area (Å²) in [6, 6.07) is 13.7. The third-order valence-corrected chi connectivity index (χ3v) is 6.14. The Labute approximate surface area is 187 Å². The van der Waals surface area contributed by atoms with Crippen molar-refractivity contribution in [1.29, 1.82) is 0 Å². The summed E-state index contributed by atoms with van der Waals surface area (Å²) in [7, 11) is 0. The van der Waals surface area contributed by atoms with E-state index in [0.717, 1.165) is 31.2 Å². The van der Waals surface area contributed by atoms with Crippen LogP contribution in [0.5, 0.6) is 0 Å². The number of carbonyl (C=O) groups excluding carboxylic acids is 4. The van der Waals surface area contributed by atoms with Gasteiger partial charge in [0, 0.05) is 12.6 Å². The van der Waals surface area contributed by atoms with Crippen LogP contribution in [0.25, 0.3) is 0 Å². The van der Waals surface area contributed by atoms with Gasteiger partial charge < -0.3 is 9.64 Å². The summed E-state index contributed by atoms with van der Waals surface area (Å²) in [5.41, 5.74) is 1.42. The Balaban J connectivity index is 1.42. The SMILES string of the molecule is CCC1CCCCN1C(=O)COC(=O)c1ccc2c(c1)C(=O)N(Cc1ccccc1)C2=O. The number of ether oxygens (including phenoxy) is 1. The van der Waals surface area contributed by atoms with Crippen molar-refractivity contribution < 1.29 is 23.9 Å². The summed E-state index contributed by atoms with van der Waals surface area (Å²) in [6.45, 7) is 2.56. The molecule has 0 aliphatic carbocycles. The molecule has 4 rings (SSSR count). The van der Waals surface area contributed by atoms with Gasteiger partial charge in [-0.1, -0.05) is 37.3 Å². The number of amides is 3. The molecule has 1 atom stereocenters. The molecule has 0 bridgehead atoms. The lowest BCUT2D eigenvalue weighted by Gasteiger charge is -2.35. The number of imide groups is 1. The smallest absolute Gasteiger partial charge is 0.338 e. The molecular formula is C25H26N2O5. The Morgan fingerprint density at radius 1 is 1.00 bits per heavy atom. The molecule has 0 radical (unpaired) electrons. The highest BCUT2D eigenvalue weighted by Crippen LogP contribution is 2.26. The fraction of sp³-hybridized carbons (Fsp3) is 0.360. The van der Waals surface area contributed by atoms with Crippen LogP contribution in [0, 0.1) is 0 Å². The Hall–Kier alpha value is -3.48. The molecule has 7 nitrogen and oxygen atoms in total. The number of carbonyl (C=O) groups is 4. The number of nitrogens with zero attached hydrogens (tertiary/aromatic N) is 2. The summed E-state index contributed by atoms with van der Waals surface area (Å²) in [5, 5.41) is 0. The molecule has 7 heteroatoms. The van der Waals surface area contributed by atoms with E-state index >= 15 is 0 Å². The molecule has 166 valence electrons. The van der Waals surface area contributed by atoms with Crippen molar-refractivity contribution in [2.45, 2.75) is 45.2 Å². The minimum atomic E-state index is -0.687. The van der Waals surface area contributed by atoms with E-state index in [1.165, 1.54) is 23.1 Å². The minimum Gasteiger partial charge on any atom is -0.452 e. The summed E-state index contributed by atoms with van der Waals surface area (Å²) < 4.78 is 5.24. The van der Waals surface area contributed by atoms with Crippen LogP contribution >= 0.6 is 0 Å². The van der Waals surface area contributed by atoms with Crippen molar-refractivity contribution in [3.63, 3.8) is 0 Å². The van der Waals surface area contributed by atoms with Gasteiger partial charge in [0.1, 0.15) is 0 Å². The number of hydrogen-bond acceptors (Lipinski definition) is 5. The number of rotatable bonds is 6. The number of esters is 1. The van der Waals surface area contributed by atoms with E-state index in [9.17, 15) is 19.2 Å². The predicted octanol–water partition coefficient (Wildman–Crippen LogP) is 3.43. The first kappa shape index (κ1) is 21.7. The topological polar surface area (TPSA) is 84.0 Å². The molecule has 2 aliphatic rings. The van der Waals surface area contributed by atoms with E-state index in [0.29, 0.717) is 6.54 Å². The Morgan fingerprint density at radius 2 is 1.75 bits per heavy atom. The van der Waals surface area contributed by atoms with Gasteiger partial charge in [0.05, 0.1) is 23.2 Å². The molecule has 0 N–H and O–H groups in total. The van der Waals surface area contributed by atoms with Crippen molar-refractivity contribution in [2.75, 3.05) is 13.2 Å². The van der Waals surface area contributed by atoms with Crippen molar-refractivity contribution in [3.8, 4) is 0 Å². The third kappa shape index (κ3) is 4.28. The zero-order chi connectivity index (χ0) is 22.7. The molecule has 1 fully saturated rings. The number of fused-ring (bicyclic) bond motifs is 1. The number of hydrogen-bond donors (Lipinski definition) is 0. The van der Waals surface area contributed by atoms with Gasteiger partial charge >= 0.3 is 5.97 Å².